The SMILES string of the molecule is NNC(=O)c1[nH]ncc1-c1ccccc1C(N)=O. The maximum absolute atomic E-state index is 11.5. The second kappa shape index (κ2) is 4.68. The largest absolute Gasteiger partial charge is 0.366 e. The van der Waals surface area contributed by atoms with Gasteiger partial charge in [-0.1, -0.05) is 18.2 Å². The average molecular weight is 245 g/mol. The Balaban J connectivity index is 2.60. The number of nitrogen functional groups attached to an aromatic ring is 1. The molecule has 2 aromatic rings. The summed E-state index contributed by atoms with van der Waals surface area (Å²) >= 11 is 0. The number of rotatable bonds is 3. The number of aromatic nitrogens is 2. The van der Waals surface area contributed by atoms with Crippen LogP contribution in [-0.2, 0) is 0 Å². The lowest BCUT2D eigenvalue weighted by atomic mass is 9.99. The monoisotopic (exact) mass is 245 g/mol. The van der Waals surface area contributed by atoms with Gasteiger partial charge in [0.25, 0.3) is 5.91 Å². The fourth-order valence-electron chi connectivity index (χ4n) is 1.67. The molecule has 1 heterocycles. The van der Waals surface area contributed by atoms with Crippen molar-refractivity contribution in [3.05, 3.63) is 41.7 Å². The highest BCUT2D eigenvalue weighted by Crippen LogP contribution is 2.25. The van der Waals surface area contributed by atoms with Crippen LogP contribution in [0.15, 0.2) is 30.5 Å². The number of aromatic amines is 1. The first-order valence-electron chi connectivity index (χ1n) is 5.08. The molecule has 7 heteroatoms. The summed E-state index contributed by atoms with van der Waals surface area (Å²) in [6, 6.07) is 6.68. The van der Waals surface area contributed by atoms with E-state index in [-0.39, 0.29) is 5.69 Å². The molecule has 0 saturated carbocycles. The molecule has 0 aliphatic heterocycles. The number of nitrogens with one attached hydrogen (secondary N) is 2. The zero-order valence-electron chi connectivity index (χ0n) is 9.31. The summed E-state index contributed by atoms with van der Waals surface area (Å²) in [7, 11) is 0. The Bertz CT molecular complexity index is 605. The Morgan fingerprint density at radius 1 is 1.22 bits per heavy atom. The molecule has 0 fully saturated rings. The summed E-state index contributed by atoms with van der Waals surface area (Å²) < 4.78 is 0. The lowest BCUT2D eigenvalue weighted by molar-refractivity contribution is 0.0947. The van der Waals surface area contributed by atoms with E-state index in [2.05, 4.69) is 10.2 Å². The molecular weight excluding hydrogens is 234 g/mol. The van der Waals surface area contributed by atoms with Gasteiger partial charge in [0.15, 0.2) is 0 Å². The van der Waals surface area contributed by atoms with Gasteiger partial charge in [-0.3, -0.25) is 20.1 Å². The Hall–Kier alpha value is -2.67. The normalized spacial score (nSPS) is 10.1. The molecule has 0 atom stereocenters. The second-order valence-corrected chi connectivity index (χ2v) is 3.54. The highest BCUT2D eigenvalue weighted by atomic mass is 16.2. The molecule has 1 aromatic heterocycles. The molecule has 1 aromatic carbocycles. The van der Waals surface area contributed by atoms with E-state index >= 15 is 0 Å². The Kier molecular flexibility index (Phi) is 3.07. The predicted octanol–water partition coefficient (Wildman–Crippen LogP) is -0.221. The minimum absolute atomic E-state index is 0.172. The van der Waals surface area contributed by atoms with Crippen molar-refractivity contribution in [3.8, 4) is 11.1 Å². The Morgan fingerprint density at radius 2 is 1.94 bits per heavy atom. The quantitative estimate of drug-likeness (QED) is 0.338. The Labute approximate surface area is 102 Å². The van der Waals surface area contributed by atoms with Crippen LogP contribution in [0, 0.1) is 0 Å². The van der Waals surface area contributed by atoms with Crippen LogP contribution in [0.25, 0.3) is 11.1 Å². The van der Waals surface area contributed by atoms with E-state index in [1.54, 1.807) is 24.3 Å². The van der Waals surface area contributed by atoms with Crippen LogP contribution in [0.2, 0.25) is 0 Å². The molecular formula is C11H11N5O2. The lowest BCUT2D eigenvalue weighted by Crippen LogP contribution is -2.30. The summed E-state index contributed by atoms with van der Waals surface area (Å²) in [6.07, 6.45) is 1.44. The number of nitrogens with zero attached hydrogens (tertiary/aromatic N) is 1. The molecule has 0 aliphatic rings. The molecule has 0 aliphatic carbocycles. The van der Waals surface area contributed by atoms with Crippen molar-refractivity contribution in [2.24, 2.45) is 11.6 Å². The molecule has 0 spiro atoms. The van der Waals surface area contributed by atoms with Crippen LogP contribution < -0.4 is 17.0 Å². The van der Waals surface area contributed by atoms with Gasteiger partial charge in [-0.2, -0.15) is 5.10 Å². The van der Waals surface area contributed by atoms with Gasteiger partial charge in [-0.15, -0.1) is 0 Å². The lowest BCUT2D eigenvalue weighted by Gasteiger charge is -2.06. The van der Waals surface area contributed by atoms with Gasteiger partial charge in [0.05, 0.1) is 6.20 Å². The smallest absolute Gasteiger partial charge is 0.283 e. The number of amides is 2. The van der Waals surface area contributed by atoms with E-state index in [0.717, 1.165) is 0 Å². The van der Waals surface area contributed by atoms with Gasteiger partial charge in [-0.05, 0) is 11.6 Å². The molecule has 0 saturated heterocycles. The zero-order chi connectivity index (χ0) is 13.1. The fourth-order valence-corrected chi connectivity index (χ4v) is 1.67. The van der Waals surface area contributed by atoms with Crippen LogP contribution in [0.1, 0.15) is 20.8 Å². The number of carbonyl (C=O) groups excluding carboxylic acids is 2. The number of carbonyl (C=O) groups is 2. The number of hydrogen-bond donors (Lipinski definition) is 4. The first-order valence-corrected chi connectivity index (χ1v) is 5.08. The third kappa shape index (κ3) is 1.94. The molecule has 2 rings (SSSR count). The van der Waals surface area contributed by atoms with Crippen LogP contribution in [0.4, 0.5) is 0 Å². The van der Waals surface area contributed by atoms with Crippen LogP contribution >= 0.6 is 0 Å². The number of benzene rings is 1. The first-order chi connectivity index (χ1) is 8.65. The summed E-state index contributed by atoms with van der Waals surface area (Å²) in [4.78, 5) is 22.9. The van der Waals surface area contributed by atoms with Crippen LogP contribution in [0.5, 0.6) is 0 Å². The van der Waals surface area contributed by atoms with Crippen LogP contribution in [0.3, 0.4) is 0 Å². The van der Waals surface area contributed by atoms with E-state index in [0.29, 0.717) is 16.7 Å². The van der Waals surface area contributed by atoms with Gasteiger partial charge >= 0.3 is 0 Å². The fraction of sp³-hybridized carbons (Fsp3) is 0. The van der Waals surface area contributed by atoms with Crippen molar-refractivity contribution in [1.29, 1.82) is 0 Å². The molecule has 92 valence electrons. The minimum atomic E-state index is -0.578. The molecule has 0 bridgehead atoms. The standard InChI is InChI=1S/C11H11N5O2/c12-10(17)7-4-2-1-3-6(7)8-5-14-16-9(8)11(18)15-13/h1-5H,13H2,(H2,12,17)(H,14,16)(H,15,18). The van der Waals surface area contributed by atoms with Crippen molar-refractivity contribution in [2.45, 2.75) is 0 Å². The van der Waals surface area contributed by atoms with Crippen molar-refractivity contribution in [2.75, 3.05) is 0 Å². The van der Waals surface area contributed by atoms with Crippen molar-refractivity contribution >= 4 is 11.8 Å². The number of hydrazine groups is 1. The van der Waals surface area contributed by atoms with Crippen LogP contribution in [-0.4, -0.2) is 22.0 Å². The van der Waals surface area contributed by atoms with Gasteiger partial charge in [-0.25, -0.2) is 5.84 Å². The first kappa shape index (κ1) is 11.8. The van der Waals surface area contributed by atoms with Crippen molar-refractivity contribution in [3.63, 3.8) is 0 Å². The van der Waals surface area contributed by atoms with E-state index in [9.17, 15) is 9.59 Å². The third-order valence-corrected chi connectivity index (χ3v) is 2.48. The average Bonchev–Trinajstić information content (AvgIpc) is 2.86. The van der Waals surface area contributed by atoms with E-state index < -0.39 is 11.8 Å². The van der Waals surface area contributed by atoms with E-state index in [4.69, 9.17) is 11.6 Å². The highest BCUT2D eigenvalue weighted by molar-refractivity contribution is 6.04. The Morgan fingerprint density at radius 3 is 2.61 bits per heavy atom. The van der Waals surface area contributed by atoms with E-state index in [1.807, 2.05) is 5.43 Å². The summed E-state index contributed by atoms with van der Waals surface area (Å²) in [5.74, 6) is 3.97. The highest BCUT2D eigenvalue weighted by Gasteiger charge is 2.18. The third-order valence-electron chi connectivity index (χ3n) is 2.48. The number of nitrogens with two attached hydrogens (primary N) is 2. The zero-order valence-corrected chi connectivity index (χ0v) is 9.31. The number of hydrogen-bond acceptors (Lipinski definition) is 4. The molecule has 18 heavy (non-hydrogen) atoms. The summed E-state index contributed by atoms with van der Waals surface area (Å²) in [5.41, 5.74) is 8.76. The van der Waals surface area contributed by atoms with Crippen molar-refractivity contribution in [1.82, 2.24) is 15.6 Å². The molecule has 7 nitrogen and oxygen atoms in total. The molecule has 0 unspecified atom stereocenters. The predicted molar refractivity (Wildman–Crippen MR) is 64.2 cm³/mol. The molecule has 2 amide bonds. The van der Waals surface area contributed by atoms with E-state index in [1.165, 1.54) is 6.20 Å². The maximum Gasteiger partial charge on any atom is 0.283 e. The maximum atomic E-state index is 11.5. The van der Waals surface area contributed by atoms with Gasteiger partial charge in [0.2, 0.25) is 5.91 Å². The summed E-state index contributed by atoms with van der Waals surface area (Å²) in [6.45, 7) is 0. The number of primary amides is 1. The second-order valence-electron chi connectivity index (χ2n) is 3.54. The van der Waals surface area contributed by atoms with Gasteiger partial charge in [0.1, 0.15) is 5.69 Å². The molecule has 0 radical (unpaired) electrons. The van der Waals surface area contributed by atoms with Gasteiger partial charge in [0, 0.05) is 11.1 Å². The topological polar surface area (TPSA) is 127 Å². The minimum Gasteiger partial charge on any atom is -0.366 e. The van der Waals surface area contributed by atoms with Crippen molar-refractivity contribution < 1.29 is 9.59 Å². The van der Waals surface area contributed by atoms with Gasteiger partial charge < -0.3 is 5.73 Å². The summed E-state index contributed by atoms with van der Waals surface area (Å²) in [5, 5.41) is 6.30. The number of H-pyrrole nitrogens is 1. The molecule has 6 N–H and O–H groups in total.